The van der Waals surface area contributed by atoms with E-state index in [1.807, 2.05) is 0 Å². The molecule has 4 N–H and O–H groups in total. The Balaban J connectivity index is 1.37. The zero-order valence-electron chi connectivity index (χ0n) is 20.7. The monoisotopic (exact) mass is 552 g/mol. The number of halogens is 4. The molecule has 2 aromatic carbocycles. The molecule has 3 heterocycles. The molecule has 0 saturated heterocycles. The van der Waals surface area contributed by atoms with Crippen molar-refractivity contribution in [3.8, 4) is 34.0 Å². The molecule has 0 aliphatic carbocycles. The smallest absolute Gasteiger partial charge is 0.496 e. The maximum absolute atomic E-state index is 13.6. The van der Waals surface area contributed by atoms with Crippen molar-refractivity contribution in [1.29, 1.82) is 0 Å². The number of hydrogen-bond donors (Lipinski definition) is 3. The van der Waals surface area contributed by atoms with E-state index in [2.05, 4.69) is 30.2 Å². The lowest BCUT2D eigenvalue weighted by Crippen LogP contribution is -2.23. The molecule has 5 rings (SSSR count). The number of ether oxygens (including phenoxy) is 2. The molecule has 1 amide bonds. The molecule has 5 aromatic rings. The molecule has 13 heteroatoms. The summed E-state index contributed by atoms with van der Waals surface area (Å²) in [6.45, 7) is 0.175. The second-order valence-electron chi connectivity index (χ2n) is 8.53. The highest BCUT2D eigenvalue weighted by Crippen LogP contribution is 2.35. The fourth-order valence-corrected chi connectivity index (χ4v) is 4.11. The zero-order valence-corrected chi connectivity index (χ0v) is 20.7. The van der Waals surface area contributed by atoms with Gasteiger partial charge in [0.1, 0.15) is 17.3 Å². The maximum Gasteiger partial charge on any atom is 0.573 e. The summed E-state index contributed by atoms with van der Waals surface area (Å²) in [5, 5.41) is 10.2. The van der Waals surface area contributed by atoms with Gasteiger partial charge < -0.3 is 20.5 Å². The Morgan fingerprint density at radius 2 is 1.82 bits per heavy atom. The number of nitrogens with zero attached hydrogens (tertiary/aromatic N) is 3. The molecule has 0 radical (unpaired) electrons. The van der Waals surface area contributed by atoms with E-state index in [1.54, 1.807) is 24.3 Å². The number of anilines is 1. The number of methoxy groups -OCH3 is 1. The van der Waals surface area contributed by atoms with Crippen molar-refractivity contribution in [1.82, 2.24) is 25.5 Å². The molecular weight excluding hydrogens is 532 g/mol. The number of hydrogen-bond acceptors (Lipinski definition) is 7. The van der Waals surface area contributed by atoms with Gasteiger partial charge in [0.25, 0.3) is 5.91 Å². The standard InChI is InChI=1S/C27H20F4N6O3/c1-39-21-9-6-16(28)10-18(21)26(38)35-11-14-2-4-15(5-3-14)23-22-24(36-37-25(22)32)19(13-34-23)20-8-7-17(12-33-20)40-27(29,30)31/h2-10,12-13H,11H2,1H3,(H,35,38)(H3,32,36,37). The lowest BCUT2D eigenvalue weighted by molar-refractivity contribution is -0.274. The van der Waals surface area contributed by atoms with Crippen molar-refractivity contribution in [3.05, 3.63) is 83.9 Å². The molecule has 0 atom stereocenters. The molecule has 0 bridgehead atoms. The van der Waals surface area contributed by atoms with Crippen LogP contribution in [-0.4, -0.2) is 39.5 Å². The molecule has 0 fully saturated rings. The van der Waals surface area contributed by atoms with Crippen LogP contribution in [-0.2, 0) is 6.54 Å². The van der Waals surface area contributed by atoms with E-state index in [1.165, 1.54) is 31.5 Å². The highest BCUT2D eigenvalue weighted by Gasteiger charge is 2.31. The van der Waals surface area contributed by atoms with Crippen LogP contribution >= 0.6 is 0 Å². The van der Waals surface area contributed by atoms with Crippen molar-refractivity contribution < 1.29 is 31.8 Å². The first-order chi connectivity index (χ1) is 19.1. The number of aromatic nitrogens is 4. The quantitative estimate of drug-likeness (QED) is 0.236. The number of amides is 1. The topological polar surface area (TPSA) is 128 Å². The normalized spacial score (nSPS) is 11.4. The zero-order chi connectivity index (χ0) is 28.4. The van der Waals surface area contributed by atoms with Gasteiger partial charge in [-0.3, -0.25) is 19.9 Å². The second kappa shape index (κ2) is 10.5. The van der Waals surface area contributed by atoms with Crippen molar-refractivity contribution in [3.63, 3.8) is 0 Å². The summed E-state index contributed by atoms with van der Waals surface area (Å²) < 4.78 is 60.0. The Hall–Kier alpha value is -5.20. The molecule has 9 nitrogen and oxygen atoms in total. The van der Waals surface area contributed by atoms with Crippen LogP contribution in [0, 0.1) is 5.82 Å². The van der Waals surface area contributed by atoms with Gasteiger partial charge in [0.2, 0.25) is 0 Å². The van der Waals surface area contributed by atoms with Gasteiger partial charge in [-0.1, -0.05) is 24.3 Å². The summed E-state index contributed by atoms with van der Waals surface area (Å²) in [4.78, 5) is 21.2. The lowest BCUT2D eigenvalue weighted by Gasteiger charge is -2.11. The number of nitrogens with two attached hydrogens (primary N) is 1. The number of aromatic amines is 1. The SMILES string of the molecule is COc1ccc(F)cc1C(=O)NCc1ccc(-c2ncc(-c3ccc(OC(F)(F)F)cn3)c3[nH]nc(N)c23)cc1. The molecule has 204 valence electrons. The minimum atomic E-state index is -4.83. The number of pyridine rings is 2. The van der Waals surface area contributed by atoms with Gasteiger partial charge in [0, 0.05) is 23.9 Å². The van der Waals surface area contributed by atoms with Crippen LogP contribution in [0.15, 0.2) is 67.0 Å². The number of benzene rings is 2. The molecule has 40 heavy (non-hydrogen) atoms. The number of carbonyl (C=O) groups excluding carboxylic acids is 1. The van der Waals surface area contributed by atoms with Gasteiger partial charge >= 0.3 is 6.36 Å². The predicted octanol–water partition coefficient (Wildman–Crippen LogP) is 5.25. The first kappa shape index (κ1) is 26.4. The first-order valence-corrected chi connectivity index (χ1v) is 11.7. The van der Waals surface area contributed by atoms with E-state index < -0.39 is 23.8 Å². The van der Waals surface area contributed by atoms with Crippen molar-refractivity contribution in [2.45, 2.75) is 12.9 Å². The van der Waals surface area contributed by atoms with E-state index in [0.717, 1.165) is 23.9 Å². The van der Waals surface area contributed by atoms with Crippen LogP contribution in [0.5, 0.6) is 11.5 Å². The number of nitrogens with one attached hydrogen (secondary N) is 2. The molecular formula is C27H20F4N6O3. The summed E-state index contributed by atoms with van der Waals surface area (Å²) >= 11 is 0. The summed E-state index contributed by atoms with van der Waals surface area (Å²) in [7, 11) is 1.40. The van der Waals surface area contributed by atoms with E-state index in [9.17, 15) is 22.4 Å². The number of H-pyrrole nitrogens is 1. The second-order valence-corrected chi connectivity index (χ2v) is 8.53. The molecule has 0 aliphatic rings. The molecule has 3 aromatic heterocycles. The number of alkyl halides is 3. The van der Waals surface area contributed by atoms with Crippen LogP contribution in [0.3, 0.4) is 0 Å². The molecule has 0 unspecified atom stereocenters. The van der Waals surface area contributed by atoms with Crippen molar-refractivity contribution in [2.75, 3.05) is 12.8 Å². The van der Waals surface area contributed by atoms with Gasteiger partial charge in [-0.05, 0) is 35.9 Å². The van der Waals surface area contributed by atoms with Crippen molar-refractivity contribution in [2.24, 2.45) is 0 Å². The summed E-state index contributed by atoms with van der Waals surface area (Å²) in [5.41, 5.74) is 9.51. The van der Waals surface area contributed by atoms with Gasteiger partial charge in [0.15, 0.2) is 5.82 Å². The third kappa shape index (κ3) is 5.48. The van der Waals surface area contributed by atoms with Crippen LogP contribution in [0.2, 0.25) is 0 Å². The summed E-state index contributed by atoms with van der Waals surface area (Å²) in [6, 6.07) is 13.4. The Morgan fingerprint density at radius 1 is 1.05 bits per heavy atom. The fourth-order valence-electron chi connectivity index (χ4n) is 4.11. The number of rotatable bonds is 7. The third-order valence-corrected chi connectivity index (χ3v) is 5.96. The predicted molar refractivity (Wildman–Crippen MR) is 138 cm³/mol. The Morgan fingerprint density at radius 3 is 2.50 bits per heavy atom. The lowest BCUT2D eigenvalue weighted by atomic mass is 10.0. The highest BCUT2D eigenvalue weighted by molar-refractivity contribution is 6.05. The number of carbonyl (C=O) groups is 1. The Bertz CT molecular complexity index is 1690. The van der Waals surface area contributed by atoms with E-state index >= 15 is 0 Å². The van der Waals surface area contributed by atoms with E-state index in [0.29, 0.717) is 33.4 Å². The minimum Gasteiger partial charge on any atom is -0.496 e. The van der Waals surface area contributed by atoms with Crippen LogP contribution < -0.4 is 20.5 Å². The largest absolute Gasteiger partial charge is 0.573 e. The summed E-state index contributed by atoms with van der Waals surface area (Å²) in [5.74, 6) is -1.06. The van der Waals surface area contributed by atoms with Gasteiger partial charge in [-0.25, -0.2) is 4.39 Å². The van der Waals surface area contributed by atoms with Gasteiger partial charge in [-0.2, -0.15) is 5.10 Å². The molecule has 0 aliphatic heterocycles. The van der Waals surface area contributed by atoms with Gasteiger partial charge in [-0.15, -0.1) is 13.2 Å². The highest BCUT2D eigenvalue weighted by atomic mass is 19.4. The number of nitrogen functional groups attached to an aromatic ring is 1. The van der Waals surface area contributed by atoms with Gasteiger partial charge in [0.05, 0.1) is 41.2 Å². The first-order valence-electron chi connectivity index (χ1n) is 11.7. The Kier molecular flexibility index (Phi) is 6.94. The van der Waals surface area contributed by atoms with Crippen LogP contribution in [0.25, 0.3) is 33.4 Å². The summed E-state index contributed by atoms with van der Waals surface area (Å²) in [6.07, 6.45) is -2.35. The fraction of sp³-hybridized carbons (Fsp3) is 0.111. The van der Waals surface area contributed by atoms with Crippen LogP contribution in [0.1, 0.15) is 15.9 Å². The third-order valence-electron chi connectivity index (χ3n) is 5.96. The minimum absolute atomic E-state index is 0.0817. The maximum atomic E-state index is 13.6. The number of fused-ring (bicyclic) bond motifs is 1. The van der Waals surface area contributed by atoms with E-state index in [4.69, 9.17) is 10.5 Å². The van der Waals surface area contributed by atoms with Crippen molar-refractivity contribution >= 4 is 22.6 Å². The average molecular weight is 552 g/mol. The van der Waals surface area contributed by atoms with E-state index in [-0.39, 0.29) is 23.7 Å². The molecule has 0 spiro atoms. The molecule has 0 saturated carbocycles. The Labute approximate surface area is 224 Å². The average Bonchev–Trinajstić information content (AvgIpc) is 3.33. The van der Waals surface area contributed by atoms with Crippen LogP contribution in [0.4, 0.5) is 23.4 Å².